The van der Waals surface area contributed by atoms with E-state index < -0.39 is 11.9 Å². The van der Waals surface area contributed by atoms with Gasteiger partial charge in [-0.1, -0.05) is 12.1 Å². The number of rotatable bonds is 7. The van der Waals surface area contributed by atoms with Crippen molar-refractivity contribution >= 4 is 29.1 Å². The molecule has 25 heavy (non-hydrogen) atoms. The van der Waals surface area contributed by atoms with Gasteiger partial charge in [-0.15, -0.1) is 0 Å². The van der Waals surface area contributed by atoms with Crippen LogP contribution in [0.5, 0.6) is 0 Å². The third-order valence-electron chi connectivity index (χ3n) is 3.39. The Hall–Kier alpha value is -3.02. The van der Waals surface area contributed by atoms with Crippen LogP contribution in [-0.2, 0) is 30.3 Å². The van der Waals surface area contributed by atoms with Crippen LogP contribution in [0.1, 0.15) is 26.3 Å². The first-order valence-corrected chi connectivity index (χ1v) is 7.61. The molecule has 0 radical (unpaired) electrons. The first kappa shape index (κ1) is 20.0. The van der Waals surface area contributed by atoms with Gasteiger partial charge in [-0.2, -0.15) is 0 Å². The molecule has 0 aliphatic heterocycles. The molecule has 0 heterocycles. The fourth-order valence-corrected chi connectivity index (χ4v) is 1.90. The monoisotopic (exact) mass is 343 g/mol. The van der Waals surface area contributed by atoms with Crippen molar-refractivity contribution in [3.05, 3.63) is 53.1 Å². The number of amides is 1. The van der Waals surface area contributed by atoms with Gasteiger partial charge in [0.2, 0.25) is 5.91 Å². The number of esters is 1. The minimum atomic E-state index is -0.541. The van der Waals surface area contributed by atoms with E-state index in [0.717, 1.165) is 5.56 Å². The topological polar surface area (TPSA) is 89.5 Å². The van der Waals surface area contributed by atoms with Crippen LogP contribution in [-0.4, -0.2) is 30.6 Å². The van der Waals surface area contributed by atoms with Crippen molar-refractivity contribution in [2.24, 2.45) is 0 Å². The highest BCUT2D eigenvalue weighted by Gasteiger charge is 2.08. The molecule has 0 aromatic heterocycles. The molecule has 132 valence electrons. The lowest BCUT2D eigenvalue weighted by Gasteiger charge is -2.05. The van der Waals surface area contributed by atoms with E-state index in [4.69, 9.17) is 0 Å². The molecule has 0 fully saturated rings. The Morgan fingerprint density at radius 1 is 0.960 bits per heavy atom. The summed E-state index contributed by atoms with van der Waals surface area (Å²) < 4.78 is 4.53. The van der Waals surface area contributed by atoms with Crippen LogP contribution in [0.4, 0.5) is 5.69 Å². The molecular weight excluding hydrogens is 322 g/mol. The van der Waals surface area contributed by atoms with Crippen LogP contribution in [0.15, 0.2) is 47.6 Å². The lowest BCUT2D eigenvalue weighted by atomic mass is 10.1. The van der Waals surface area contributed by atoms with E-state index in [1.165, 1.54) is 33.1 Å². The fraction of sp³-hybridized carbons (Fsp3) is 0.263. The number of nitrogens with one attached hydrogen (secondary N) is 1. The second-order valence-corrected chi connectivity index (χ2v) is 5.53. The third-order valence-corrected chi connectivity index (χ3v) is 3.39. The van der Waals surface area contributed by atoms with Crippen LogP contribution >= 0.6 is 0 Å². The number of Topliss-reactive ketones (excluding diaryl/α,β-unsaturated/α-hetero) is 1. The number of ether oxygens (including phenoxy) is 1. The summed E-state index contributed by atoms with van der Waals surface area (Å²) in [6.45, 7) is 4.47. The zero-order valence-corrected chi connectivity index (χ0v) is 14.7. The molecule has 0 atom stereocenters. The van der Waals surface area contributed by atoms with Gasteiger partial charge in [0.1, 0.15) is 0 Å². The number of carbonyl (C=O) groups excluding carboxylic acids is 4. The Morgan fingerprint density at radius 3 is 2.08 bits per heavy atom. The van der Waals surface area contributed by atoms with Crippen LogP contribution in [0.2, 0.25) is 0 Å². The Kier molecular flexibility index (Phi) is 7.46. The zero-order valence-electron chi connectivity index (χ0n) is 14.7. The Labute approximate surface area is 146 Å². The number of allylic oxidation sites excluding steroid dienone is 2. The maximum atomic E-state index is 11.9. The first-order chi connectivity index (χ1) is 11.7. The number of methoxy groups -OCH3 is 1. The first-order valence-electron chi connectivity index (χ1n) is 7.61. The smallest absolute Gasteiger partial charge is 0.333 e. The second kappa shape index (κ2) is 9.32. The van der Waals surface area contributed by atoms with E-state index in [9.17, 15) is 19.2 Å². The highest BCUT2D eigenvalue weighted by molar-refractivity contribution is 6.05. The maximum absolute atomic E-state index is 11.9. The van der Waals surface area contributed by atoms with Gasteiger partial charge in [0.25, 0.3) is 0 Å². The molecule has 0 saturated heterocycles. The highest BCUT2D eigenvalue weighted by Crippen LogP contribution is 2.11. The van der Waals surface area contributed by atoms with Gasteiger partial charge in [-0.25, -0.2) is 4.79 Å². The fourth-order valence-electron chi connectivity index (χ4n) is 1.90. The lowest BCUT2D eigenvalue weighted by Crippen LogP contribution is -2.10. The Balaban J connectivity index is 2.69. The SMILES string of the molecule is COC(=O)/C(C)=C\C(=O)Cc1ccc(NC(=O)/C=C(/C)C(C)=O)cc1. The Bertz CT molecular complexity index is 742. The van der Waals surface area contributed by atoms with E-state index in [0.29, 0.717) is 11.3 Å². The molecule has 0 saturated carbocycles. The molecule has 1 amide bonds. The van der Waals surface area contributed by atoms with Gasteiger partial charge in [0.15, 0.2) is 11.6 Å². The molecule has 6 heteroatoms. The quantitative estimate of drug-likeness (QED) is 0.606. The highest BCUT2D eigenvalue weighted by atomic mass is 16.5. The molecule has 0 bridgehead atoms. The van der Waals surface area contributed by atoms with Gasteiger partial charge >= 0.3 is 5.97 Å². The van der Waals surface area contributed by atoms with Gasteiger partial charge in [0.05, 0.1) is 7.11 Å². The average molecular weight is 343 g/mol. The van der Waals surface area contributed by atoms with Crippen molar-refractivity contribution in [2.45, 2.75) is 27.2 Å². The summed E-state index contributed by atoms with van der Waals surface area (Å²) in [6.07, 6.45) is 2.61. The minimum Gasteiger partial charge on any atom is -0.466 e. The van der Waals surface area contributed by atoms with E-state index in [-0.39, 0.29) is 23.6 Å². The van der Waals surface area contributed by atoms with Crippen LogP contribution in [0.25, 0.3) is 0 Å². The Morgan fingerprint density at radius 2 is 1.56 bits per heavy atom. The van der Waals surface area contributed by atoms with Crippen LogP contribution < -0.4 is 5.32 Å². The van der Waals surface area contributed by atoms with Crippen molar-refractivity contribution in [2.75, 3.05) is 12.4 Å². The number of benzene rings is 1. The van der Waals surface area contributed by atoms with E-state index >= 15 is 0 Å². The largest absolute Gasteiger partial charge is 0.466 e. The summed E-state index contributed by atoms with van der Waals surface area (Å²) in [4.78, 5) is 46.0. The molecule has 0 spiro atoms. The van der Waals surface area contributed by atoms with E-state index in [1.54, 1.807) is 31.2 Å². The van der Waals surface area contributed by atoms with Crippen LogP contribution in [0.3, 0.4) is 0 Å². The summed E-state index contributed by atoms with van der Waals surface area (Å²) in [5.74, 6) is -1.33. The van der Waals surface area contributed by atoms with Gasteiger partial charge in [0, 0.05) is 23.8 Å². The van der Waals surface area contributed by atoms with Crippen molar-refractivity contribution in [1.29, 1.82) is 0 Å². The predicted octanol–water partition coefficient (Wildman–Crippen LogP) is 2.39. The molecule has 1 rings (SSSR count). The summed E-state index contributed by atoms with van der Waals surface area (Å²) in [6, 6.07) is 6.73. The van der Waals surface area contributed by atoms with Crippen molar-refractivity contribution in [3.8, 4) is 0 Å². The number of carbonyl (C=O) groups is 4. The standard InChI is InChI=1S/C19H21NO5/c1-12(14(3)21)10-18(23)20-16-7-5-15(6-8-16)11-17(22)9-13(2)19(24)25-4/h5-10H,11H2,1-4H3,(H,20,23)/b12-10-,13-9-. The minimum absolute atomic E-state index is 0.131. The summed E-state index contributed by atoms with van der Waals surface area (Å²) in [7, 11) is 1.25. The lowest BCUT2D eigenvalue weighted by molar-refractivity contribution is -0.136. The van der Waals surface area contributed by atoms with Crippen molar-refractivity contribution in [3.63, 3.8) is 0 Å². The summed E-state index contributed by atoms with van der Waals surface area (Å²) in [5.41, 5.74) is 1.90. The third kappa shape index (κ3) is 6.95. The van der Waals surface area contributed by atoms with Crippen LogP contribution in [0, 0.1) is 0 Å². The number of hydrogen-bond donors (Lipinski definition) is 1. The molecule has 0 unspecified atom stereocenters. The van der Waals surface area contributed by atoms with Gasteiger partial charge in [-0.05, 0) is 50.1 Å². The molecule has 1 N–H and O–H groups in total. The molecular formula is C19H21NO5. The number of hydrogen-bond acceptors (Lipinski definition) is 5. The van der Waals surface area contributed by atoms with E-state index in [2.05, 4.69) is 10.1 Å². The number of ketones is 2. The van der Waals surface area contributed by atoms with Gasteiger partial charge < -0.3 is 10.1 Å². The zero-order chi connectivity index (χ0) is 19.0. The predicted molar refractivity (Wildman–Crippen MR) is 94.0 cm³/mol. The summed E-state index contributed by atoms with van der Waals surface area (Å²) >= 11 is 0. The van der Waals surface area contributed by atoms with Crippen molar-refractivity contribution < 1.29 is 23.9 Å². The number of anilines is 1. The maximum Gasteiger partial charge on any atom is 0.333 e. The normalized spacial score (nSPS) is 11.7. The molecule has 1 aromatic rings. The van der Waals surface area contributed by atoms with Gasteiger partial charge in [-0.3, -0.25) is 14.4 Å². The summed E-state index contributed by atoms with van der Waals surface area (Å²) in [5, 5.41) is 2.64. The molecule has 6 nitrogen and oxygen atoms in total. The van der Waals surface area contributed by atoms with Crippen molar-refractivity contribution in [1.82, 2.24) is 0 Å². The second-order valence-electron chi connectivity index (χ2n) is 5.53. The molecule has 1 aromatic carbocycles. The average Bonchev–Trinajstić information content (AvgIpc) is 2.55. The molecule has 0 aliphatic carbocycles. The molecule has 0 aliphatic rings. The van der Waals surface area contributed by atoms with E-state index in [1.807, 2.05) is 0 Å².